The maximum Gasteiger partial charge on any atom is 0.246 e. The Balaban J connectivity index is 2.16. The number of ether oxygens (including phenoxy) is 1. The van der Waals surface area contributed by atoms with Crippen molar-refractivity contribution in [2.75, 3.05) is 25.2 Å². The second kappa shape index (κ2) is 5.78. The predicted molar refractivity (Wildman–Crippen MR) is 85.5 cm³/mol. The number of rotatable bonds is 2. The smallest absolute Gasteiger partial charge is 0.246 e. The molecule has 0 aromatic heterocycles. The van der Waals surface area contributed by atoms with Crippen LogP contribution in [0.2, 0.25) is 0 Å². The first-order chi connectivity index (χ1) is 9.74. The maximum absolute atomic E-state index is 12.6. The minimum Gasteiger partial charge on any atom is -0.381 e. The van der Waals surface area contributed by atoms with Crippen molar-refractivity contribution < 1.29 is 9.53 Å². The van der Waals surface area contributed by atoms with E-state index in [0.29, 0.717) is 26.1 Å². The molecule has 4 heteroatoms. The number of hydrogen-bond donors (Lipinski definition) is 1. The van der Waals surface area contributed by atoms with Gasteiger partial charge < -0.3 is 15.4 Å². The monoisotopic (exact) mass is 290 g/mol. The van der Waals surface area contributed by atoms with E-state index < -0.39 is 5.54 Å². The molecule has 0 bridgehead atoms. The van der Waals surface area contributed by atoms with Gasteiger partial charge in [-0.15, -0.1) is 0 Å². The molecule has 116 valence electrons. The molecule has 1 aliphatic rings. The molecule has 0 radical (unpaired) electrons. The Morgan fingerprint density at radius 3 is 2.19 bits per heavy atom. The molecule has 0 atom stereocenters. The second-order valence-corrected chi connectivity index (χ2v) is 6.93. The van der Waals surface area contributed by atoms with Gasteiger partial charge in [0.15, 0.2) is 0 Å². The van der Waals surface area contributed by atoms with Crippen molar-refractivity contribution >= 4 is 11.6 Å². The average Bonchev–Trinajstić information content (AvgIpc) is 2.46. The highest BCUT2D eigenvalue weighted by Crippen LogP contribution is 2.27. The molecule has 0 aliphatic carbocycles. The van der Waals surface area contributed by atoms with E-state index in [1.807, 2.05) is 12.1 Å². The van der Waals surface area contributed by atoms with Gasteiger partial charge in [0, 0.05) is 25.9 Å². The van der Waals surface area contributed by atoms with Crippen LogP contribution in [0, 0.1) is 0 Å². The van der Waals surface area contributed by atoms with E-state index in [2.05, 4.69) is 32.9 Å². The van der Waals surface area contributed by atoms with Crippen LogP contribution >= 0.6 is 0 Å². The van der Waals surface area contributed by atoms with Crippen LogP contribution in [0.4, 0.5) is 5.69 Å². The fourth-order valence-electron chi connectivity index (χ4n) is 2.59. The average molecular weight is 290 g/mol. The van der Waals surface area contributed by atoms with Crippen molar-refractivity contribution in [2.45, 2.75) is 44.6 Å². The molecule has 1 aromatic rings. The summed E-state index contributed by atoms with van der Waals surface area (Å²) in [5.41, 5.74) is 7.71. The van der Waals surface area contributed by atoms with Gasteiger partial charge in [-0.3, -0.25) is 4.79 Å². The van der Waals surface area contributed by atoms with E-state index in [4.69, 9.17) is 10.5 Å². The summed E-state index contributed by atoms with van der Waals surface area (Å²) in [5, 5.41) is 0. The lowest BCUT2D eigenvalue weighted by molar-refractivity contribution is -0.126. The lowest BCUT2D eigenvalue weighted by Crippen LogP contribution is -2.57. The first-order valence-corrected chi connectivity index (χ1v) is 7.49. The molecule has 1 amide bonds. The summed E-state index contributed by atoms with van der Waals surface area (Å²) in [4.78, 5) is 14.3. The zero-order valence-electron chi connectivity index (χ0n) is 13.5. The Kier molecular flexibility index (Phi) is 4.40. The summed E-state index contributed by atoms with van der Waals surface area (Å²) in [7, 11) is 1.79. The van der Waals surface area contributed by atoms with Gasteiger partial charge in [0.05, 0.1) is 0 Å². The van der Waals surface area contributed by atoms with Gasteiger partial charge in [-0.2, -0.15) is 0 Å². The zero-order chi connectivity index (χ0) is 15.7. The fourth-order valence-corrected chi connectivity index (χ4v) is 2.59. The van der Waals surface area contributed by atoms with E-state index in [-0.39, 0.29) is 11.3 Å². The molecule has 2 N–H and O–H groups in total. The minimum absolute atomic E-state index is 0.0330. The summed E-state index contributed by atoms with van der Waals surface area (Å²) >= 11 is 0. The molecular formula is C17H26N2O2. The normalized spacial score (nSPS) is 18.3. The van der Waals surface area contributed by atoms with Gasteiger partial charge in [-0.1, -0.05) is 32.9 Å². The van der Waals surface area contributed by atoms with Crippen LogP contribution in [-0.4, -0.2) is 31.7 Å². The Bertz CT molecular complexity index is 497. The van der Waals surface area contributed by atoms with Crippen LogP contribution in [0.25, 0.3) is 0 Å². The van der Waals surface area contributed by atoms with Crippen LogP contribution in [0.1, 0.15) is 39.2 Å². The van der Waals surface area contributed by atoms with Crippen LogP contribution in [0.15, 0.2) is 24.3 Å². The van der Waals surface area contributed by atoms with E-state index in [0.717, 1.165) is 5.69 Å². The van der Waals surface area contributed by atoms with Gasteiger partial charge in [-0.25, -0.2) is 0 Å². The van der Waals surface area contributed by atoms with Gasteiger partial charge in [0.25, 0.3) is 0 Å². The number of amides is 1. The van der Waals surface area contributed by atoms with Crippen molar-refractivity contribution in [3.63, 3.8) is 0 Å². The standard InChI is InChI=1S/C17H26N2O2/c1-16(2,3)13-5-7-14(8-6-13)19(4)15(20)17(18)9-11-21-12-10-17/h5-8H,9-12,18H2,1-4H3. The van der Waals surface area contributed by atoms with E-state index in [1.165, 1.54) is 5.56 Å². The Hall–Kier alpha value is -1.39. The van der Waals surface area contributed by atoms with Crippen molar-refractivity contribution in [1.82, 2.24) is 0 Å². The number of nitrogens with zero attached hydrogens (tertiary/aromatic N) is 1. The first-order valence-electron chi connectivity index (χ1n) is 7.49. The molecule has 21 heavy (non-hydrogen) atoms. The SMILES string of the molecule is CN(C(=O)C1(N)CCOCC1)c1ccc(C(C)(C)C)cc1. The Labute approximate surface area is 127 Å². The number of hydrogen-bond acceptors (Lipinski definition) is 3. The number of carbonyl (C=O) groups excluding carboxylic acids is 1. The number of nitrogens with two attached hydrogens (primary N) is 1. The molecule has 4 nitrogen and oxygen atoms in total. The van der Waals surface area contributed by atoms with E-state index in [1.54, 1.807) is 11.9 Å². The van der Waals surface area contributed by atoms with Crippen molar-refractivity contribution in [1.29, 1.82) is 0 Å². The van der Waals surface area contributed by atoms with Crippen LogP contribution < -0.4 is 10.6 Å². The van der Waals surface area contributed by atoms with Gasteiger partial charge in [0.2, 0.25) is 5.91 Å². The molecule has 0 unspecified atom stereocenters. The molecule has 1 aliphatic heterocycles. The Morgan fingerprint density at radius 1 is 1.19 bits per heavy atom. The maximum atomic E-state index is 12.6. The molecule has 1 saturated heterocycles. The van der Waals surface area contributed by atoms with Crippen molar-refractivity contribution in [3.05, 3.63) is 29.8 Å². The third-order valence-corrected chi connectivity index (χ3v) is 4.24. The van der Waals surface area contributed by atoms with Crippen LogP contribution in [0.5, 0.6) is 0 Å². The van der Waals surface area contributed by atoms with Crippen molar-refractivity contribution in [3.8, 4) is 0 Å². The highest BCUT2D eigenvalue weighted by atomic mass is 16.5. The van der Waals surface area contributed by atoms with Gasteiger partial charge in [-0.05, 0) is 36.0 Å². The highest BCUT2D eigenvalue weighted by Gasteiger charge is 2.38. The van der Waals surface area contributed by atoms with E-state index in [9.17, 15) is 4.79 Å². The summed E-state index contributed by atoms with van der Waals surface area (Å²) in [6, 6.07) is 8.13. The molecule has 1 aromatic carbocycles. The molecule has 1 fully saturated rings. The predicted octanol–water partition coefficient (Wildman–Crippen LogP) is 2.45. The molecular weight excluding hydrogens is 264 g/mol. The summed E-state index contributed by atoms with van der Waals surface area (Å²) < 4.78 is 5.30. The number of carbonyl (C=O) groups is 1. The van der Waals surface area contributed by atoms with E-state index >= 15 is 0 Å². The van der Waals surface area contributed by atoms with Gasteiger partial charge in [0.1, 0.15) is 5.54 Å². The van der Waals surface area contributed by atoms with Crippen molar-refractivity contribution in [2.24, 2.45) is 5.73 Å². The Morgan fingerprint density at radius 2 is 1.71 bits per heavy atom. The lowest BCUT2D eigenvalue weighted by Gasteiger charge is -2.35. The number of benzene rings is 1. The third-order valence-electron chi connectivity index (χ3n) is 4.24. The molecule has 1 heterocycles. The summed E-state index contributed by atoms with van der Waals surface area (Å²) in [5.74, 6) is -0.0330. The molecule has 0 spiro atoms. The minimum atomic E-state index is -0.796. The lowest BCUT2D eigenvalue weighted by atomic mass is 9.87. The number of likely N-dealkylation sites (N-methyl/N-ethyl adjacent to an activating group) is 1. The van der Waals surface area contributed by atoms with Crippen LogP contribution in [-0.2, 0) is 14.9 Å². The van der Waals surface area contributed by atoms with Crippen LogP contribution in [0.3, 0.4) is 0 Å². The molecule has 2 rings (SSSR count). The first kappa shape index (κ1) is 16.0. The topological polar surface area (TPSA) is 55.6 Å². The molecule has 0 saturated carbocycles. The van der Waals surface area contributed by atoms with Gasteiger partial charge >= 0.3 is 0 Å². The second-order valence-electron chi connectivity index (χ2n) is 6.93. The zero-order valence-corrected chi connectivity index (χ0v) is 13.5. The third kappa shape index (κ3) is 3.44. The quantitative estimate of drug-likeness (QED) is 0.910. The largest absolute Gasteiger partial charge is 0.381 e. The summed E-state index contributed by atoms with van der Waals surface area (Å²) in [6.07, 6.45) is 1.16. The fraction of sp³-hybridized carbons (Fsp3) is 0.588. The highest BCUT2D eigenvalue weighted by molar-refractivity contribution is 5.99. The number of anilines is 1. The summed E-state index contributed by atoms with van der Waals surface area (Å²) in [6.45, 7) is 7.63.